The molecule has 0 aromatic heterocycles. The minimum absolute atomic E-state index is 0.148. The van der Waals surface area contributed by atoms with E-state index in [0.29, 0.717) is 28.0 Å². The molecule has 1 heterocycles. The van der Waals surface area contributed by atoms with Crippen molar-refractivity contribution in [1.29, 1.82) is 0 Å². The maximum absolute atomic E-state index is 12.8. The molecule has 6 heteroatoms. The Bertz CT molecular complexity index is 643. The number of carbonyl (C=O) groups is 1. The number of hydrogen-bond acceptors (Lipinski definition) is 3. The fourth-order valence-electron chi connectivity index (χ4n) is 2.59. The molecule has 1 unspecified atom stereocenters. The summed E-state index contributed by atoms with van der Waals surface area (Å²) < 4.78 is 0. The number of nitrogens with one attached hydrogen (secondary N) is 2. The molecule has 1 atom stereocenters. The number of carbonyl (C=O) groups excluding carboxylic acids is 1. The number of piperazine rings is 1. The van der Waals surface area contributed by atoms with Crippen LogP contribution >= 0.6 is 23.2 Å². The number of rotatable bonds is 4. The molecule has 0 aliphatic carbocycles. The highest BCUT2D eigenvalue weighted by atomic mass is 35.5. The van der Waals surface area contributed by atoms with Gasteiger partial charge in [0.15, 0.2) is 0 Å². The van der Waals surface area contributed by atoms with Crippen molar-refractivity contribution >= 4 is 34.8 Å². The van der Waals surface area contributed by atoms with Gasteiger partial charge in [-0.2, -0.15) is 0 Å². The summed E-state index contributed by atoms with van der Waals surface area (Å²) in [6.45, 7) is 9.58. The number of nitrogens with zero attached hydrogens (tertiary/aromatic N) is 1. The molecule has 124 valence electrons. The Balaban J connectivity index is 2.27. The van der Waals surface area contributed by atoms with Crippen LogP contribution in [-0.4, -0.2) is 29.9 Å². The summed E-state index contributed by atoms with van der Waals surface area (Å²) in [5.74, 6) is -0.217. The van der Waals surface area contributed by atoms with Crippen molar-refractivity contribution in [3.8, 4) is 0 Å². The van der Waals surface area contributed by atoms with Crippen LogP contribution in [0.1, 0.15) is 20.3 Å². The van der Waals surface area contributed by atoms with Gasteiger partial charge in [0.2, 0.25) is 0 Å². The molecule has 23 heavy (non-hydrogen) atoms. The monoisotopic (exact) mass is 353 g/mol. The lowest BCUT2D eigenvalue weighted by molar-refractivity contribution is -0.114. The second-order valence-electron chi connectivity index (χ2n) is 5.49. The smallest absolute Gasteiger partial charge is 0.272 e. The zero-order valence-electron chi connectivity index (χ0n) is 13.3. The topological polar surface area (TPSA) is 44.4 Å². The van der Waals surface area contributed by atoms with Crippen molar-refractivity contribution in [2.75, 3.05) is 18.4 Å². The molecule has 0 saturated carbocycles. The molecule has 2 rings (SSSR count). The zero-order valence-corrected chi connectivity index (χ0v) is 14.8. The Hall–Kier alpha value is -1.49. The predicted octanol–water partition coefficient (Wildman–Crippen LogP) is 4.03. The summed E-state index contributed by atoms with van der Waals surface area (Å²) in [4.78, 5) is 14.8. The Kier molecular flexibility index (Phi) is 6.10. The normalized spacial score (nSPS) is 19.0. The minimum Gasteiger partial charge on any atom is -0.336 e. The van der Waals surface area contributed by atoms with E-state index in [2.05, 4.69) is 24.1 Å². The summed E-state index contributed by atoms with van der Waals surface area (Å²) in [6, 6.07) is 5.13. The molecule has 4 nitrogen and oxygen atoms in total. The van der Waals surface area contributed by atoms with E-state index in [1.807, 2.05) is 17.9 Å². The van der Waals surface area contributed by atoms with Crippen molar-refractivity contribution in [2.45, 2.75) is 26.3 Å². The lowest BCUT2D eigenvalue weighted by Gasteiger charge is -2.38. The molecule has 1 aromatic rings. The Morgan fingerprint density at radius 3 is 2.91 bits per heavy atom. The summed E-state index contributed by atoms with van der Waals surface area (Å²) in [6.07, 6.45) is 2.65. The summed E-state index contributed by atoms with van der Waals surface area (Å²) in [5.41, 5.74) is 1.96. The summed E-state index contributed by atoms with van der Waals surface area (Å²) >= 11 is 12.1. The number of allylic oxidation sites excluding steroid dienone is 1. The van der Waals surface area contributed by atoms with Crippen LogP contribution < -0.4 is 10.6 Å². The molecular weight excluding hydrogens is 333 g/mol. The van der Waals surface area contributed by atoms with Gasteiger partial charge in [0.1, 0.15) is 5.70 Å². The first kappa shape index (κ1) is 17.9. The maximum Gasteiger partial charge on any atom is 0.272 e. The van der Waals surface area contributed by atoms with E-state index >= 15 is 0 Å². The van der Waals surface area contributed by atoms with Gasteiger partial charge in [-0.25, -0.2) is 0 Å². The third-order valence-electron chi connectivity index (χ3n) is 3.62. The molecule has 1 saturated heterocycles. The van der Waals surface area contributed by atoms with Crippen molar-refractivity contribution < 1.29 is 4.79 Å². The summed E-state index contributed by atoms with van der Waals surface area (Å²) in [7, 11) is 0. The Labute approximate surface area is 147 Å². The van der Waals surface area contributed by atoms with Crippen LogP contribution in [0.25, 0.3) is 0 Å². The second kappa shape index (κ2) is 7.86. The van der Waals surface area contributed by atoms with E-state index in [1.165, 1.54) is 0 Å². The molecular formula is C17H21Cl2N3O. The first-order valence-electron chi connectivity index (χ1n) is 7.58. The number of amides is 1. The van der Waals surface area contributed by atoms with Crippen molar-refractivity contribution in [3.05, 3.63) is 52.3 Å². The van der Waals surface area contributed by atoms with E-state index in [0.717, 1.165) is 18.7 Å². The van der Waals surface area contributed by atoms with Crippen molar-refractivity contribution in [3.63, 3.8) is 0 Å². The molecule has 1 fully saturated rings. The molecule has 1 amide bonds. The maximum atomic E-state index is 12.8. The van der Waals surface area contributed by atoms with E-state index in [9.17, 15) is 4.79 Å². The fourth-order valence-corrected chi connectivity index (χ4v) is 2.93. The van der Waals surface area contributed by atoms with Crippen LogP contribution in [0.5, 0.6) is 0 Å². The SMILES string of the molecule is C=C1CNCC(C)N1/C(=C\CC)C(=O)Nc1cc(Cl)ccc1Cl. The first-order valence-corrected chi connectivity index (χ1v) is 8.34. The molecule has 1 aliphatic heterocycles. The standard InChI is InChI=1S/C17H21Cl2N3O/c1-4-5-16(22-11(2)9-20-10-12(22)3)17(23)21-15-8-13(18)6-7-14(15)19/h5-8,12,20H,2,4,9-10H2,1,3H3,(H,21,23)/b16-5-. The molecule has 1 aliphatic rings. The number of anilines is 1. The quantitative estimate of drug-likeness (QED) is 0.803. The lowest BCUT2D eigenvalue weighted by Crippen LogP contribution is -2.49. The van der Waals surface area contributed by atoms with Crippen LogP contribution in [0.2, 0.25) is 10.0 Å². The fraction of sp³-hybridized carbons (Fsp3) is 0.353. The largest absolute Gasteiger partial charge is 0.336 e. The van der Waals surface area contributed by atoms with Crippen LogP contribution in [0.3, 0.4) is 0 Å². The Morgan fingerprint density at radius 1 is 1.52 bits per heavy atom. The van der Waals surface area contributed by atoms with E-state index in [-0.39, 0.29) is 11.9 Å². The average molecular weight is 354 g/mol. The average Bonchev–Trinajstić information content (AvgIpc) is 2.49. The second-order valence-corrected chi connectivity index (χ2v) is 6.34. The highest BCUT2D eigenvalue weighted by molar-refractivity contribution is 6.35. The number of halogens is 2. The van der Waals surface area contributed by atoms with Crippen LogP contribution in [-0.2, 0) is 4.79 Å². The van der Waals surface area contributed by atoms with Crippen LogP contribution in [0.4, 0.5) is 5.69 Å². The minimum atomic E-state index is -0.217. The third kappa shape index (κ3) is 4.28. The lowest BCUT2D eigenvalue weighted by atomic mass is 10.1. The molecule has 0 spiro atoms. The Morgan fingerprint density at radius 2 is 2.26 bits per heavy atom. The summed E-state index contributed by atoms with van der Waals surface area (Å²) in [5, 5.41) is 7.09. The van der Waals surface area contributed by atoms with E-state index < -0.39 is 0 Å². The van der Waals surface area contributed by atoms with Gasteiger partial charge in [-0.1, -0.05) is 42.8 Å². The number of benzene rings is 1. The van der Waals surface area contributed by atoms with E-state index in [1.54, 1.807) is 18.2 Å². The van der Waals surface area contributed by atoms with Gasteiger partial charge < -0.3 is 15.5 Å². The van der Waals surface area contributed by atoms with Gasteiger partial charge in [-0.3, -0.25) is 4.79 Å². The van der Waals surface area contributed by atoms with Gasteiger partial charge >= 0.3 is 0 Å². The highest BCUT2D eigenvalue weighted by Crippen LogP contribution is 2.27. The molecule has 0 radical (unpaired) electrons. The van der Waals surface area contributed by atoms with E-state index in [4.69, 9.17) is 23.2 Å². The van der Waals surface area contributed by atoms with Gasteiger partial charge in [-0.15, -0.1) is 0 Å². The number of hydrogen-bond donors (Lipinski definition) is 2. The van der Waals surface area contributed by atoms with Gasteiger partial charge in [-0.05, 0) is 31.5 Å². The first-order chi connectivity index (χ1) is 10.9. The molecule has 0 bridgehead atoms. The van der Waals surface area contributed by atoms with Gasteiger partial charge in [0.05, 0.1) is 10.7 Å². The van der Waals surface area contributed by atoms with Gasteiger partial charge in [0.25, 0.3) is 5.91 Å². The predicted molar refractivity (Wildman–Crippen MR) is 96.8 cm³/mol. The highest BCUT2D eigenvalue weighted by Gasteiger charge is 2.27. The zero-order chi connectivity index (χ0) is 17.0. The molecule has 1 aromatic carbocycles. The van der Waals surface area contributed by atoms with Crippen molar-refractivity contribution in [2.24, 2.45) is 0 Å². The van der Waals surface area contributed by atoms with Crippen molar-refractivity contribution in [1.82, 2.24) is 10.2 Å². The molecule has 2 N–H and O–H groups in total. The van der Waals surface area contributed by atoms with Crippen LogP contribution in [0.15, 0.2) is 42.2 Å². The van der Waals surface area contributed by atoms with Gasteiger partial charge in [0, 0.05) is 29.9 Å². The third-order valence-corrected chi connectivity index (χ3v) is 4.18. The van der Waals surface area contributed by atoms with Crippen LogP contribution in [0, 0.1) is 0 Å².